The van der Waals surface area contributed by atoms with E-state index in [1.165, 1.54) is 5.69 Å². The summed E-state index contributed by atoms with van der Waals surface area (Å²) >= 11 is 12.1. The van der Waals surface area contributed by atoms with Gasteiger partial charge < -0.3 is 9.88 Å². The molecule has 2 aromatic rings. The number of hydrogen-bond acceptors (Lipinski definition) is 2. The predicted molar refractivity (Wildman–Crippen MR) is 84.4 cm³/mol. The first-order valence-corrected chi connectivity index (χ1v) is 7.51. The molecule has 1 aromatic heterocycles. The molecule has 3 nitrogen and oxygen atoms in total. The van der Waals surface area contributed by atoms with Gasteiger partial charge in [0.2, 0.25) is 0 Å². The van der Waals surface area contributed by atoms with Crippen LogP contribution in [0.5, 0.6) is 0 Å². The molecule has 0 saturated heterocycles. The summed E-state index contributed by atoms with van der Waals surface area (Å²) < 4.78 is 2.05. The van der Waals surface area contributed by atoms with E-state index in [2.05, 4.69) is 17.2 Å². The van der Waals surface area contributed by atoms with Crippen molar-refractivity contribution in [1.82, 2.24) is 14.9 Å². The number of halogens is 2. The Kier molecular flexibility index (Phi) is 5.46. The summed E-state index contributed by atoms with van der Waals surface area (Å²) in [5.74, 6) is 0. The van der Waals surface area contributed by atoms with Gasteiger partial charge in [-0.2, -0.15) is 0 Å². The summed E-state index contributed by atoms with van der Waals surface area (Å²) in [6.45, 7) is 3.13. The van der Waals surface area contributed by atoms with Gasteiger partial charge in [0.1, 0.15) is 0 Å². The maximum Gasteiger partial charge on any atom is 0.0946 e. The quantitative estimate of drug-likeness (QED) is 0.873. The smallest absolute Gasteiger partial charge is 0.0946 e. The molecule has 1 unspecified atom stereocenters. The van der Waals surface area contributed by atoms with Crippen LogP contribution in [0.2, 0.25) is 10.0 Å². The number of nitrogens with one attached hydrogen (secondary N) is 1. The van der Waals surface area contributed by atoms with Crippen LogP contribution in [-0.2, 0) is 13.5 Å². The van der Waals surface area contributed by atoms with Gasteiger partial charge in [0.05, 0.1) is 28.1 Å². The van der Waals surface area contributed by atoms with E-state index in [4.69, 9.17) is 23.2 Å². The zero-order valence-corrected chi connectivity index (χ0v) is 13.2. The van der Waals surface area contributed by atoms with Crippen LogP contribution >= 0.6 is 23.2 Å². The maximum absolute atomic E-state index is 6.09. The van der Waals surface area contributed by atoms with E-state index in [1.54, 1.807) is 0 Å². The molecule has 0 aliphatic carbocycles. The molecule has 2 rings (SSSR count). The third-order valence-corrected chi connectivity index (χ3v) is 4.01. The van der Waals surface area contributed by atoms with Crippen LogP contribution in [0.25, 0.3) is 0 Å². The molecule has 1 heterocycles. The van der Waals surface area contributed by atoms with Crippen LogP contribution in [0.15, 0.2) is 30.7 Å². The van der Waals surface area contributed by atoms with E-state index in [0.717, 1.165) is 24.9 Å². The minimum Gasteiger partial charge on any atom is -0.336 e. The highest BCUT2D eigenvalue weighted by Crippen LogP contribution is 2.25. The Morgan fingerprint density at radius 1 is 1.30 bits per heavy atom. The Morgan fingerprint density at radius 2 is 2.10 bits per heavy atom. The molecular weight excluding hydrogens is 293 g/mol. The van der Waals surface area contributed by atoms with Crippen molar-refractivity contribution in [1.29, 1.82) is 0 Å². The van der Waals surface area contributed by atoms with Crippen molar-refractivity contribution in [3.63, 3.8) is 0 Å². The summed E-state index contributed by atoms with van der Waals surface area (Å²) in [5.41, 5.74) is 2.33. The van der Waals surface area contributed by atoms with E-state index < -0.39 is 0 Å². The molecular formula is C15H19Cl2N3. The zero-order chi connectivity index (χ0) is 14.5. The number of hydrogen-bond donors (Lipinski definition) is 1. The molecule has 1 aromatic carbocycles. The Bertz CT molecular complexity index is 566. The molecule has 0 fully saturated rings. The number of aromatic nitrogens is 2. The van der Waals surface area contributed by atoms with Crippen molar-refractivity contribution in [3.8, 4) is 0 Å². The number of benzene rings is 1. The average Bonchev–Trinajstić information content (AvgIpc) is 2.85. The van der Waals surface area contributed by atoms with Gasteiger partial charge in [-0.15, -0.1) is 0 Å². The first-order chi connectivity index (χ1) is 9.61. The minimum absolute atomic E-state index is 0.222. The summed E-state index contributed by atoms with van der Waals surface area (Å²) in [5, 5.41) is 4.75. The fraction of sp³-hybridized carbons (Fsp3) is 0.400. The van der Waals surface area contributed by atoms with Gasteiger partial charge in [-0.25, -0.2) is 4.98 Å². The van der Waals surface area contributed by atoms with Gasteiger partial charge in [-0.3, -0.25) is 0 Å². The first kappa shape index (κ1) is 15.4. The Hall–Kier alpha value is -1.03. The van der Waals surface area contributed by atoms with Gasteiger partial charge in [-0.1, -0.05) is 36.2 Å². The second-order valence-corrected chi connectivity index (χ2v) is 5.70. The van der Waals surface area contributed by atoms with Crippen LogP contribution in [0.1, 0.15) is 30.6 Å². The van der Waals surface area contributed by atoms with Crippen molar-refractivity contribution in [2.45, 2.75) is 25.8 Å². The van der Waals surface area contributed by atoms with E-state index in [-0.39, 0.29) is 6.04 Å². The van der Waals surface area contributed by atoms with Crippen LogP contribution in [0, 0.1) is 0 Å². The largest absolute Gasteiger partial charge is 0.336 e. The highest BCUT2D eigenvalue weighted by atomic mass is 35.5. The van der Waals surface area contributed by atoms with Crippen molar-refractivity contribution < 1.29 is 0 Å². The number of aryl methyl sites for hydroxylation is 1. The topological polar surface area (TPSA) is 29.9 Å². The zero-order valence-electron chi connectivity index (χ0n) is 11.7. The summed E-state index contributed by atoms with van der Waals surface area (Å²) in [4.78, 5) is 4.20. The third-order valence-electron chi connectivity index (χ3n) is 3.28. The molecule has 0 bridgehead atoms. The van der Waals surface area contributed by atoms with E-state index in [9.17, 15) is 0 Å². The predicted octanol–water partition coefficient (Wildman–Crippen LogP) is 4.01. The van der Waals surface area contributed by atoms with Crippen LogP contribution in [-0.4, -0.2) is 16.1 Å². The monoisotopic (exact) mass is 311 g/mol. The lowest BCUT2D eigenvalue weighted by Gasteiger charge is -2.19. The average molecular weight is 312 g/mol. The second-order valence-electron chi connectivity index (χ2n) is 4.89. The Labute approximate surface area is 129 Å². The van der Waals surface area contributed by atoms with E-state index >= 15 is 0 Å². The van der Waals surface area contributed by atoms with Crippen LogP contribution < -0.4 is 5.32 Å². The molecule has 0 amide bonds. The maximum atomic E-state index is 6.09. The summed E-state index contributed by atoms with van der Waals surface area (Å²) in [6, 6.07) is 6.02. The first-order valence-electron chi connectivity index (χ1n) is 6.75. The van der Waals surface area contributed by atoms with Gasteiger partial charge >= 0.3 is 0 Å². The molecule has 108 valence electrons. The lowest BCUT2D eigenvalue weighted by Crippen LogP contribution is -2.25. The van der Waals surface area contributed by atoms with Crippen LogP contribution in [0.4, 0.5) is 0 Å². The molecule has 0 aliphatic heterocycles. The molecule has 1 atom stereocenters. The molecule has 1 N–H and O–H groups in total. The minimum atomic E-state index is 0.222. The summed E-state index contributed by atoms with van der Waals surface area (Å²) in [6.07, 6.45) is 5.68. The second kappa shape index (κ2) is 7.11. The Morgan fingerprint density at radius 3 is 2.70 bits per heavy atom. The van der Waals surface area contributed by atoms with Gasteiger partial charge in [0.25, 0.3) is 0 Å². The van der Waals surface area contributed by atoms with Crippen LogP contribution in [0.3, 0.4) is 0 Å². The molecule has 20 heavy (non-hydrogen) atoms. The van der Waals surface area contributed by atoms with Crippen molar-refractivity contribution >= 4 is 23.2 Å². The van der Waals surface area contributed by atoms with E-state index in [0.29, 0.717) is 10.0 Å². The fourth-order valence-electron chi connectivity index (χ4n) is 2.21. The van der Waals surface area contributed by atoms with Crippen molar-refractivity contribution in [2.24, 2.45) is 7.05 Å². The van der Waals surface area contributed by atoms with Crippen molar-refractivity contribution in [3.05, 3.63) is 52.0 Å². The standard InChI is InChI=1S/C15H19Cl2N3/c1-3-6-19-14(15-9-18-10-20(15)2)8-11-4-5-12(16)13(17)7-11/h4-5,7,9-10,14,19H,3,6,8H2,1-2H3. The van der Waals surface area contributed by atoms with Gasteiger partial charge in [0.15, 0.2) is 0 Å². The van der Waals surface area contributed by atoms with Crippen molar-refractivity contribution in [2.75, 3.05) is 6.54 Å². The number of rotatable bonds is 6. The Balaban J connectivity index is 2.19. The number of nitrogens with zero attached hydrogens (tertiary/aromatic N) is 2. The van der Waals surface area contributed by atoms with Gasteiger partial charge in [0, 0.05) is 13.2 Å². The number of imidazole rings is 1. The SMILES string of the molecule is CCCNC(Cc1ccc(Cl)c(Cl)c1)c1cncn1C. The highest BCUT2D eigenvalue weighted by Gasteiger charge is 2.15. The molecule has 0 radical (unpaired) electrons. The van der Waals surface area contributed by atoms with Gasteiger partial charge in [-0.05, 0) is 37.1 Å². The lowest BCUT2D eigenvalue weighted by atomic mass is 10.0. The summed E-state index contributed by atoms with van der Waals surface area (Å²) in [7, 11) is 2.01. The highest BCUT2D eigenvalue weighted by molar-refractivity contribution is 6.42. The third kappa shape index (κ3) is 3.75. The van der Waals surface area contributed by atoms with E-state index in [1.807, 2.05) is 42.3 Å². The molecule has 0 aliphatic rings. The molecule has 0 spiro atoms. The fourth-order valence-corrected chi connectivity index (χ4v) is 2.53. The molecule has 0 saturated carbocycles. The lowest BCUT2D eigenvalue weighted by molar-refractivity contribution is 0.504. The normalized spacial score (nSPS) is 12.6. The molecule has 5 heteroatoms.